The number of rotatable bonds is 5. The topological polar surface area (TPSA) is 62.5 Å². The Bertz CT molecular complexity index is 940. The maximum Gasteiger partial charge on any atom is 0.337 e. The fourth-order valence-corrected chi connectivity index (χ4v) is 3.26. The second kappa shape index (κ2) is 7.52. The molecule has 0 spiro atoms. The Morgan fingerprint density at radius 3 is 2.60 bits per heavy atom. The molecule has 2 aromatic carbocycles. The normalized spacial score (nSPS) is 10.7. The molecule has 0 radical (unpaired) electrons. The van der Waals surface area contributed by atoms with Crippen LogP contribution >= 0.6 is 39.1 Å². The molecular formula is C18H12BrCl2NO3. The van der Waals surface area contributed by atoms with E-state index in [1.807, 2.05) is 24.3 Å². The van der Waals surface area contributed by atoms with Crippen molar-refractivity contribution in [3.63, 3.8) is 0 Å². The monoisotopic (exact) mass is 439 g/mol. The Morgan fingerprint density at radius 2 is 1.88 bits per heavy atom. The number of hydrogen-bond acceptors (Lipinski definition) is 3. The fourth-order valence-electron chi connectivity index (χ4n) is 2.30. The van der Waals surface area contributed by atoms with E-state index in [-0.39, 0.29) is 10.6 Å². The van der Waals surface area contributed by atoms with Gasteiger partial charge < -0.3 is 14.8 Å². The number of aromatic carboxylic acids is 1. The van der Waals surface area contributed by atoms with Gasteiger partial charge in [-0.15, -0.1) is 0 Å². The van der Waals surface area contributed by atoms with Gasteiger partial charge in [-0.1, -0.05) is 39.1 Å². The zero-order valence-electron chi connectivity index (χ0n) is 12.7. The lowest BCUT2D eigenvalue weighted by Crippen LogP contribution is -2.02. The molecule has 0 saturated heterocycles. The molecule has 0 atom stereocenters. The lowest BCUT2D eigenvalue weighted by atomic mass is 10.2. The quantitative estimate of drug-likeness (QED) is 0.486. The highest BCUT2D eigenvalue weighted by Gasteiger charge is 2.11. The molecule has 25 heavy (non-hydrogen) atoms. The van der Waals surface area contributed by atoms with Crippen LogP contribution in [0.1, 0.15) is 16.1 Å². The summed E-state index contributed by atoms with van der Waals surface area (Å²) in [6, 6.07) is 14.0. The first-order chi connectivity index (χ1) is 11.9. The molecule has 0 aliphatic rings. The van der Waals surface area contributed by atoms with Crippen LogP contribution in [0.5, 0.6) is 0 Å². The first-order valence-electron chi connectivity index (χ1n) is 7.25. The number of furan rings is 1. The van der Waals surface area contributed by atoms with E-state index in [4.69, 9.17) is 32.7 Å². The van der Waals surface area contributed by atoms with Crippen molar-refractivity contribution in [2.24, 2.45) is 0 Å². The number of halogens is 3. The standard InChI is InChI=1S/C18H12BrCl2NO3/c19-10-1-4-13(16(21)7-10)17-6-3-12(25-17)9-22-11-2-5-15(20)14(8-11)18(23)24/h1-8,22H,9H2,(H,23,24). The highest BCUT2D eigenvalue weighted by Crippen LogP contribution is 2.32. The van der Waals surface area contributed by atoms with Gasteiger partial charge in [0.1, 0.15) is 11.5 Å². The van der Waals surface area contributed by atoms with E-state index in [9.17, 15) is 4.79 Å². The van der Waals surface area contributed by atoms with E-state index in [1.165, 1.54) is 6.07 Å². The van der Waals surface area contributed by atoms with Gasteiger partial charge in [0, 0.05) is 15.7 Å². The highest BCUT2D eigenvalue weighted by molar-refractivity contribution is 9.10. The molecule has 0 aliphatic carbocycles. The van der Waals surface area contributed by atoms with Crippen molar-refractivity contribution in [2.75, 3.05) is 5.32 Å². The molecule has 2 N–H and O–H groups in total. The second-order valence-electron chi connectivity index (χ2n) is 5.24. The zero-order chi connectivity index (χ0) is 18.0. The van der Waals surface area contributed by atoms with Crippen molar-refractivity contribution in [2.45, 2.75) is 6.54 Å². The average Bonchev–Trinajstić information content (AvgIpc) is 3.02. The summed E-state index contributed by atoms with van der Waals surface area (Å²) in [5, 5.41) is 13.0. The van der Waals surface area contributed by atoms with Gasteiger partial charge in [0.05, 0.1) is 22.2 Å². The predicted molar refractivity (Wildman–Crippen MR) is 103 cm³/mol. The zero-order valence-corrected chi connectivity index (χ0v) is 15.8. The fraction of sp³-hybridized carbons (Fsp3) is 0.0556. The Morgan fingerprint density at radius 1 is 1.08 bits per heavy atom. The summed E-state index contributed by atoms with van der Waals surface area (Å²) in [5.41, 5.74) is 1.49. The molecular weight excluding hydrogens is 429 g/mol. The van der Waals surface area contributed by atoms with Crippen molar-refractivity contribution >= 4 is 50.8 Å². The Labute approximate surface area is 162 Å². The summed E-state index contributed by atoms with van der Waals surface area (Å²) >= 11 is 15.5. The predicted octanol–water partition coefficient (Wildman–Crippen LogP) is 6.33. The van der Waals surface area contributed by atoms with Crippen molar-refractivity contribution < 1.29 is 14.3 Å². The van der Waals surface area contributed by atoms with Crippen LogP contribution in [0.4, 0.5) is 5.69 Å². The summed E-state index contributed by atoms with van der Waals surface area (Å²) in [7, 11) is 0. The van der Waals surface area contributed by atoms with Gasteiger partial charge in [0.25, 0.3) is 0 Å². The highest BCUT2D eigenvalue weighted by atomic mass is 79.9. The van der Waals surface area contributed by atoms with Crippen LogP contribution in [-0.4, -0.2) is 11.1 Å². The van der Waals surface area contributed by atoms with Gasteiger partial charge in [-0.2, -0.15) is 0 Å². The maximum absolute atomic E-state index is 11.1. The van der Waals surface area contributed by atoms with E-state index < -0.39 is 5.97 Å². The van der Waals surface area contributed by atoms with E-state index >= 15 is 0 Å². The molecule has 0 unspecified atom stereocenters. The minimum absolute atomic E-state index is 0.0495. The number of benzene rings is 2. The Balaban J connectivity index is 1.74. The van der Waals surface area contributed by atoms with Crippen LogP contribution in [0.15, 0.2) is 57.4 Å². The molecule has 0 aliphatic heterocycles. The smallest absolute Gasteiger partial charge is 0.337 e. The molecule has 7 heteroatoms. The number of hydrogen-bond donors (Lipinski definition) is 2. The van der Waals surface area contributed by atoms with Gasteiger partial charge in [-0.25, -0.2) is 4.79 Å². The minimum Gasteiger partial charge on any atom is -0.478 e. The number of anilines is 1. The van der Waals surface area contributed by atoms with Crippen LogP contribution in [0.25, 0.3) is 11.3 Å². The first kappa shape index (κ1) is 17.9. The van der Waals surface area contributed by atoms with E-state index in [2.05, 4.69) is 21.2 Å². The maximum atomic E-state index is 11.1. The van der Waals surface area contributed by atoms with Crippen molar-refractivity contribution in [3.8, 4) is 11.3 Å². The lowest BCUT2D eigenvalue weighted by Gasteiger charge is -2.07. The molecule has 0 fully saturated rings. The van der Waals surface area contributed by atoms with E-state index in [0.717, 1.165) is 10.0 Å². The van der Waals surface area contributed by atoms with Gasteiger partial charge in [-0.3, -0.25) is 0 Å². The van der Waals surface area contributed by atoms with Crippen molar-refractivity contribution in [1.82, 2.24) is 0 Å². The van der Waals surface area contributed by atoms with Gasteiger partial charge in [0.15, 0.2) is 0 Å². The third-order valence-corrected chi connectivity index (χ3v) is 4.66. The van der Waals surface area contributed by atoms with Crippen LogP contribution in [0.2, 0.25) is 10.0 Å². The van der Waals surface area contributed by atoms with Gasteiger partial charge in [0.2, 0.25) is 0 Å². The van der Waals surface area contributed by atoms with Crippen LogP contribution in [-0.2, 0) is 6.54 Å². The summed E-state index contributed by atoms with van der Waals surface area (Å²) in [6.07, 6.45) is 0. The molecule has 0 saturated carbocycles. The average molecular weight is 441 g/mol. The van der Waals surface area contributed by atoms with Crippen molar-refractivity contribution in [3.05, 3.63) is 74.4 Å². The SMILES string of the molecule is O=C(O)c1cc(NCc2ccc(-c3ccc(Br)cc3Cl)o2)ccc1Cl. The molecule has 0 bridgehead atoms. The van der Waals surface area contributed by atoms with Crippen LogP contribution < -0.4 is 5.32 Å². The summed E-state index contributed by atoms with van der Waals surface area (Å²) in [4.78, 5) is 11.1. The minimum atomic E-state index is -1.07. The molecule has 128 valence electrons. The number of nitrogens with one attached hydrogen (secondary N) is 1. The molecule has 3 aromatic rings. The Hall–Kier alpha value is -1.95. The molecule has 4 nitrogen and oxygen atoms in total. The summed E-state index contributed by atoms with van der Waals surface area (Å²) in [6.45, 7) is 0.398. The molecule has 1 heterocycles. The van der Waals surface area contributed by atoms with Gasteiger partial charge in [-0.05, 0) is 48.5 Å². The molecule has 1 aromatic heterocycles. The van der Waals surface area contributed by atoms with Crippen molar-refractivity contribution in [1.29, 1.82) is 0 Å². The van der Waals surface area contributed by atoms with Crippen LogP contribution in [0, 0.1) is 0 Å². The number of carboxylic acids is 1. The van der Waals surface area contributed by atoms with Crippen LogP contribution in [0.3, 0.4) is 0 Å². The van der Waals surface area contributed by atoms with E-state index in [0.29, 0.717) is 28.8 Å². The number of carboxylic acid groups (broad SMARTS) is 1. The third-order valence-electron chi connectivity index (χ3n) is 3.52. The summed E-state index contributed by atoms with van der Waals surface area (Å²) < 4.78 is 6.70. The largest absolute Gasteiger partial charge is 0.478 e. The molecule has 0 amide bonds. The first-order valence-corrected chi connectivity index (χ1v) is 8.80. The summed E-state index contributed by atoms with van der Waals surface area (Å²) in [5.74, 6) is 0.288. The second-order valence-corrected chi connectivity index (χ2v) is 6.97. The number of carbonyl (C=O) groups is 1. The third kappa shape index (κ3) is 4.18. The lowest BCUT2D eigenvalue weighted by molar-refractivity contribution is 0.0697. The Kier molecular flexibility index (Phi) is 5.37. The van der Waals surface area contributed by atoms with E-state index in [1.54, 1.807) is 18.2 Å². The molecule has 3 rings (SSSR count). The van der Waals surface area contributed by atoms with Gasteiger partial charge >= 0.3 is 5.97 Å².